The molecule has 5 rings (SSSR count). The second-order valence-electron chi connectivity index (χ2n) is 8.74. The van der Waals surface area contributed by atoms with Crippen LogP contribution < -0.4 is 10.2 Å². The number of thioether (sulfide) groups is 1. The van der Waals surface area contributed by atoms with E-state index in [0.717, 1.165) is 60.7 Å². The van der Waals surface area contributed by atoms with Gasteiger partial charge in [0.2, 0.25) is 0 Å². The van der Waals surface area contributed by atoms with Gasteiger partial charge in [-0.1, -0.05) is 51.3 Å². The van der Waals surface area contributed by atoms with Crippen LogP contribution in [0, 0.1) is 0 Å². The molecule has 0 bridgehead atoms. The second kappa shape index (κ2) is 5.47. The minimum absolute atomic E-state index is 0.0412. The van der Waals surface area contributed by atoms with Crippen LogP contribution in [0.3, 0.4) is 0 Å². The number of fused-ring (bicyclic) bond motifs is 1. The summed E-state index contributed by atoms with van der Waals surface area (Å²) in [7, 11) is 0. The molecule has 4 aliphatic rings. The minimum Gasteiger partial charge on any atom is -0.301 e. The van der Waals surface area contributed by atoms with Gasteiger partial charge in [0.1, 0.15) is 0 Å². The Balaban J connectivity index is 1.79. The van der Waals surface area contributed by atoms with Crippen molar-refractivity contribution in [1.29, 1.82) is 0 Å². The molecule has 1 saturated carbocycles. The molecular weight excluding hydrogens is 360 g/mol. The Hall–Kier alpha value is -2.08. The SMILES string of the molecule is CC1(C)CC2(CCCCC2)N2C(=O)C(=C3SC(=O)NC3=O)c3cccc1c32. The Bertz CT molecular complexity index is 941. The molecule has 0 unspecified atom stereocenters. The summed E-state index contributed by atoms with van der Waals surface area (Å²) in [5, 5.41) is 1.89. The Kier molecular flexibility index (Phi) is 3.46. The van der Waals surface area contributed by atoms with E-state index >= 15 is 0 Å². The first-order valence-electron chi connectivity index (χ1n) is 9.60. The number of hydrogen-bond acceptors (Lipinski definition) is 4. The molecule has 1 N–H and O–H groups in total. The smallest absolute Gasteiger partial charge is 0.290 e. The van der Waals surface area contributed by atoms with Gasteiger partial charge in [-0.2, -0.15) is 0 Å². The summed E-state index contributed by atoms with van der Waals surface area (Å²) < 4.78 is 0. The third-order valence-electron chi connectivity index (χ3n) is 6.55. The van der Waals surface area contributed by atoms with Crippen molar-refractivity contribution in [2.24, 2.45) is 0 Å². The summed E-state index contributed by atoms with van der Waals surface area (Å²) in [6, 6.07) is 5.99. The lowest BCUT2D eigenvalue weighted by Gasteiger charge is -2.53. The van der Waals surface area contributed by atoms with Gasteiger partial charge in [-0.3, -0.25) is 19.7 Å². The van der Waals surface area contributed by atoms with E-state index in [1.807, 2.05) is 17.0 Å². The van der Waals surface area contributed by atoms with Crippen LogP contribution in [0.5, 0.6) is 0 Å². The lowest BCUT2D eigenvalue weighted by molar-refractivity contribution is -0.117. The molecule has 3 heterocycles. The Labute approximate surface area is 162 Å². The molecule has 6 heteroatoms. The highest BCUT2D eigenvalue weighted by Crippen LogP contribution is 2.58. The summed E-state index contributed by atoms with van der Waals surface area (Å²) in [6.07, 6.45) is 6.38. The van der Waals surface area contributed by atoms with Crippen LogP contribution in [-0.2, 0) is 15.0 Å². The highest BCUT2D eigenvalue weighted by atomic mass is 32.2. The Morgan fingerprint density at radius 1 is 1.07 bits per heavy atom. The monoisotopic (exact) mass is 382 g/mol. The lowest BCUT2D eigenvalue weighted by Crippen LogP contribution is -2.57. The van der Waals surface area contributed by atoms with Crippen LogP contribution in [0.15, 0.2) is 23.1 Å². The third-order valence-corrected chi connectivity index (χ3v) is 7.43. The average Bonchev–Trinajstić information content (AvgIpc) is 3.09. The molecule has 1 aliphatic carbocycles. The largest absolute Gasteiger partial charge is 0.301 e. The van der Waals surface area contributed by atoms with Gasteiger partial charge in [-0.25, -0.2) is 0 Å². The van der Waals surface area contributed by atoms with E-state index in [-0.39, 0.29) is 21.8 Å². The molecule has 1 aromatic carbocycles. The molecule has 0 aromatic heterocycles. The minimum atomic E-state index is -0.456. The first-order valence-corrected chi connectivity index (χ1v) is 10.4. The van der Waals surface area contributed by atoms with Crippen LogP contribution in [0.4, 0.5) is 10.5 Å². The van der Waals surface area contributed by atoms with E-state index in [4.69, 9.17) is 0 Å². The number of imide groups is 1. The quantitative estimate of drug-likeness (QED) is 0.686. The number of amides is 3. The number of nitrogens with zero attached hydrogens (tertiary/aromatic N) is 1. The highest BCUT2D eigenvalue weighted by Gasteiger charge is 2.55. The van der Waals surface area contributed by atoms with Crippen molar-refractivity contribution in [3.8, 4) is 0 Å². The maximum absolute atomic E-state index is 13.7. The first kappa shape index (κ1) is 17.0. The summed E-state index contributed by atoms with van der Waals surface area (Å²) in [6.45, 7) is 4.51. The van der Waals surface area contributed by atoms with E-state index in [1.165, 1.54) is 6.42 Å². The number of carbonyl (C=O) groups is 3. The Morgan fingerprint density at radius 3 is 2.48 bits per heavy atom. The molecule has 0 atom stereocenters. The lowest BCUT2D eigenvalue weighted by atomic mass is 9.64. The van der Waals surface area contributed by atoms with Crippen molar-refractivity contribution in [3.05, 3.63) is 34.2 Å². The van der Waals surface area contributed by atoms with E-state index in [2.05, 4.69) is 25.2 Å². The zero-order chi connectivity index (χ0) is 19.0. The molecule has 3 amide bonds. The fourth-order valence-corrected chi connectivity index (χ4v) is 6.39. The molecule has 5 nitrogen and oxygen atoms in total. The maximum Gasteiger partial charge on any atom is 0.290 e. The van der Waals surface area contributed by atoms with Crippen LogP contribution in [0.2, 0.25) is 0 Å². The summed E-state index contributed by atoms with van der Waals surface area (Å²) >= 11 is 0.845. The third kappa shape index (κ3) is 2.22. The molecule has 1 aromatic rings. The molecule has 1 spiro atoms. The number of carbonyl (C=O) groups excluding carboxylic acids is 3. The molecule has 140 valence electrons. The van der Waals surface area contributed by atoms with Crippen LogP contribution in [0.25, 0.3) is 5.57 Å². The van der Waals surface area contributed by atoms with E-state index in [9.17, 15) is 14.4 Å². The van der Waals surface area contributed by atoms with Gasteiger partial charge in [0.25, 0.3) is 17.1 Å². The molecule has 2 fully saturated rings. The predicted molar refractivity (Wildman–Crippen MR) is 105 cm³/mol. The maximum atomic E-state index is 13.7. The normalized spacial score (nSPS) is 27.9. The molecule has 27 heavy (non-hydrogen) atoms. The van der Waals surface area contributed by atoms with Crippen molar-refractivity contribution < 1.29 is 14.4 Å². The molecular formula is C21H22N2O3S. The number of para-hydroxylation sites is 1. The van der Waals surface area contributed by atoms with Gasteiger partial charge in [-0.05, 0) is 42.0 Å². The van der Waals surface area contributed by atoms with E-state index in [1.54, 1.807) is 0 Å². The Morgan fingerprint density at radius 2 is 1.81 bits per heavy atom. The number of hydrogen-bond donors (Lipinski definition) is 1. The van der Waals surface area contributed by atoms with Gasteiger partial charge in [0.05, 0.1) is 16.2 Å². The number of benzene rings is 1. The van der Waals surface area contributed by atoms with E-state index in [0.29, 0.717) is 5.57 Å². The fourth-order valence-electron chi connectivity index (χ4n) is 5.62. The van der Waals surface area contributed by atoms with Crippen LogP contribution in [-0.4, -0.2) is 22.6 Å². The van der Waals surface area contributed by atoms with Crippen molar-refractivity contribution >= 4 is 40.1 Å². The van der Waals surface area contributed by atoms with Gasteiger partial charge in [-0.15, -0.1) is 0 Å². The average molecular weight is 382 g/mol. The van der Waals surface area contributed by atoms with Gasteiger partial charge in [0, 0.05) is 11.1 Å². The van der Waals surface area contributed by atoms with Gasteiger partial charge in [0.15, 0.2) is 0 Å². The standard InChI is InChI=1S/C21H22N2O3S/c1-20(2)11-21(9-4-3-5-10-21)23-15-12(7-6-8-13(15)20)14(18(23)25)16-17(24)22-19(26)27-16/h6-8H,3-5,9-11H2,1-2H3,(H,22,24,26). The number of anilines is 1. The van der Waals surface area contributed by atoms with Crippen molar-refractivity contribution in [2.45, 2.75) is 63.3 Å². The number of nitrogens with one attached hydrogen (secondary N) is 1. The topological polar surface area (TPSA) is 66.5 Å². The van der Waals surface area contributed by atoms with Crippen LogP contribution in [0.1, 0.15) is 63.5 Å². The zero-order valence-corrected chi connectivity index (χ0v) is 16.4. The molecule has 3 aliphatic heterocycles. The summed E-state index contributed by atoms with van der Waals surface area (Å²) in [4.78, 5) is 40.0. The second-order valence-corrected chi connectivity index (χ2v) is 9.72. The highest BCUT2D eigenvalue weighted by molar-refractivity contribution is 8.18. The molecule has 1 saturated heterocycles. The first-order chi connectivity index (χ1) is 12.8. The molecule has 0 radical (unpaired) electrons. The predicted octanol–water partition coefficient (Wildman–Crippen LogP) is 4.11. The summed E-state index contributed by atoms with van der Waals surface area (Å²) in [5.41, 5.74) is 3.12. The zero-order valence-electron chi connectivity index (χ0n) is 15.6. The van der Waals surface area contributed by atoms with Gasteiger partial charge < -0.3 is 4.90 Å². The van der Waals surface area contributed by atoms with E-state index < -0.39 is 11.1 Å². The summed E-state index contributed by atoms with van der Waals surface area (Å²) in [5.74, 6) is -0.565. The van der Waals surface area contributed by atoms with Gasteiger partial charge >= 0.3 is 0 Å². The van der Waals surface area contributed by atoms with Crippen LogP contribution >= 0.6 is 11.8 Å². The van der Waals surface area contributed by atoms with Crippen molar-refractivity contribution in [3.63, 3.8) is 0 Å². The van der Waals surface area contributed by atoms with Crippen molar-refractivity contribution in [2.75, 3.05) is 4.90 Å². The fraction of sp³-hybridized carbons (Fsp3) is 0.476. The van der Waals surface area contributed by atoms with Crippen molar-refractivity contribution in [1.82, 2.24) is 5.32 Å². The number of rotatable bonds is 0.